The number of hydrogen-bond acceptors (Lipinski definition) is 6. The molecule has 3 heterocycles. The lowest BCUT2D eigenvalue weighted by Gasteiger charge is -2.49. The topological polar surface area (TPSA) is 58.1 Å². The molecule has 1 aromatic rings. The molecule has 0 saturated carbocycles. The first-order valence-corrected chi connectivity index (χ1v) is 9.22. The zero-order valence-electron chi connectivity index (χ0n) is 16.3. The molecule has 7 heteroatoms. The largest absolute Gasteiger partial charge is 0.493 e. The lowest BCUT2D eigenvalue weighted by Crippen LogP contribution is -2.60. The molecule has 26 heavy (non-hydrogen) atoms. The number of amides is 1. The van der Waals surface area contributed by atoms with Crippen molar-refractivity contribution in [2.45, 2.75) is 31.3 Å². The van der Waals surface area contributed by atoms with Crippen molar-refractivity contribution in [3.63, 3.8) is 0 Å². The highest BCUT2D eigenvalue weighted by molar-refractivity contribution is 5.76. The van der Waals surface area contributed by atoms with Gasteiger partial charge in [-0.15, -0.1) is 0 Å². The number of methoxy groups -OCH3 is 2. The molecule has 0 aromatic carbocycles. The minimum atomic E-state index is 0.0464. The van der Waals surface area contributed by atoms with Gasteiger partial charge in [0, 0.05) is 64.0 Å². The monoisotopic (exact) mass is 362 g/mol. The summed E-state index contributed by atoms with van der Waals surface area (Å²) >= 11 is 0. The third kappa shape index (κ3) is 3.64. The van der Waals surface area contributed by atoms with E-state index in [1.165, 1.54) is 0 Å². The fourth-order valence-corrected chi connectivity index (χ4v) is 4.15. The van der Waals surface area contributed by atoms with Gasteiger partial charge in [-0.1, -0.05) is 0 Å². The number of aromatic nitrogens is 1. The molecule has 1 amide bonds. The van der Waals surface area contributed by atoms with Crippen molar-refractivity contribution < 1.29 is 14.3 Å². The van der Waals surface area contributed by atoms with Crippen molar-refractivity contribution in [1.29, 1.82) is 0 Å². The van der Waals surface area contributed by atoms with Crippen LogP contribution in [0.5, 0.6) is 11.5 Å². The fraction of sp³-hybridized carbons (Fsp3) is 0.684. The van der Waals surface area contributed by atoms with Crippen LogP contribution in [0.1, 0.15) is 25.0 Å². The average molecular weight is 362 g/mol. The number of piperazine rings is 1. The number of likely N-dealkylation sites (N-methyl/N-ethyl adjacent to an activating group) is 1. The summed E-state index contributed by atoms with van der Waals surface area (Å²) in [4.78, 5) is 23.4. The molecule has 1 atom stereocenters. The van der Waals surface area contributed by atoms with Crippen LogP contribution in [0.4, 0.5) is 0 Å². The molecular weight excluding hydrogens is 332 g/mol. The van der Waals surface area contributed by atoms with Crippen LogP contribution in [0.15, 0.2) is 12.3 Å². The van der Waals surface area contributed by atoms with E-state index in [1.54, 1.807) is 20.4 Å². The van der Waals surface area contributed by atoms with E-state index in [9.17, 15) is 4.79 Å². The molecule has 0 unspecified atom stereocenters. The molecule has 2 aliphatic rings. The summed E-state index contributed by atoms with van der Waals surface area (Å²) < 4.78 is 10.9. The predicted molar refractivity (Wildman–Crippen MR) is 99.5 cm³/mol. The maximum atomic E-state index is 12.1. The van der Waals surface area contributed by atoms with E-state index in [2.05, 4.69) is 21.8 Å². The van der Waals surface area contributed by atoms with Gasteiger partial charge in [0.1, 0.15) is 5.69 Å². The van der Waals surface area contributed by atoms with Crippen LogP contribution in [0.2, 0.25) is 0 Å². The predicted octanol–water partition coefficient (Wildman–Crippen LogP) is 1.23. The minimum absolute atomic E-state index is 0.0464. The highest BCUT2D eigenvalue weighted by Gasteiger charge is 2.41. The summed E-state index contributed by atoms with van der Waals surface area (Å²) in [6.07, 6.45) is 4.30. The maximum Gasteiger partial charge on any atom is 0.222 e. The third-order valence-corrected chi connectivity index (χ3v) is 5.96. The summed E-state index contributed by atoms with van der Waals surface area (Å²) in [7, 11) is 7.40. The minimum Gasteiger partial charge on any atom is -0.493 e. The number of carbonyl (C=O) groups is 1. The van der Waals surface area contributed by atoms with Crippen LogP contribution < -0.4 is 9.47 Å². The Hall–Kier alpha value is -1.86. The zero-order chi connectivity index (χ0) is 18.7. The fourth-order valence-electron chi connectivity index (χ4n) is 4.15. The molecule has 2 aliphatic heterocycles. The average Bonchev–Trinajstić information content (AvgIpc) is 2.79. The molecule has 2 saturated heterocycles. The molecule has 0 N–H and O–H groups in total. The number of likely N-dealkylation sites (tertiary alicyclic amines) is 1. The lowest BCUT2D eigenvalue weighted by molar-refractivity contribution is -0.129. The Balaban J connectivity index is 1.78. The Bertz CT molecular complexity index is 654. The van der Waals surface area contributed by atoms with Gasteiger partial charge in [-0.2, -0.15) is 0 Å². The molecule has 0 aliphatic carbocycles. The number of nitrogens with zero attached hydrogens (tertiary/aromatic N) is 4. The molecule has 1 aromatic heterocycles. The number of rotatable bonds is 4. The van der Waals surface area contributed by atoms with Crippen molar-refractivity contribution in [3.05, 3.63) is 18.0 Å². The van der Waals surface area contributed by atoms with Crippen molar-refractivity contribution in [1.82, 2.24) is 19.7 Å². The Morgan fingerprint density at radius 2 is 1.96 bits per heavy atom. The molecule has 0 radical (unpaired) electrons. The summed E-state index contributed by atoms with van der Waals surface area (Å²) in [5.74, 6) is 1.67. The van der Waals surface area contributed by atoms with E-state index in [-0.39, 0.29) is 11.4 Å². The van der Waals surface area contributed by atoms with Crippen LogP contribution in [0, 0.1) is 0 Å². The number of carbonyl (C=O) groups excluding carboxylic acids is 1. The van der Waals surface area contributed by atoms with E-state index in [1.807, 2.05) is 18.0 Å². The van der Waals surface area contributed by atoms with E-state index >= 15 is 0 Å². The molecule has 2 fully saturated rings. The van der Waals surface area contributed by atoms with E-state index in [0.29, 0.717) is 17.9 Å². The summed E-state index contributed by atoms with van der Waals surface area (Å²) in [5, 5.41) is 0. The molecular formula is C19H30N4O3. The van der Waals surface area contributed by atoms with E-state index < -0.39 is 0 Å². The van der Waals surface area contributed by atoms with Gasteiger partial charge in [-0.25, -0.2) is 0 Å². The molecule has 3 rings (SSSR count). The Labute approximate surface area is 155 Å². The Morgan fingerprint density at radius 3 is 2.69 bits per heavy atom. The third-order valence-electron chi connectivity index (χ3n) is 5.96. The summed E-state index contributed by atoms with van der Waals surface area (Å²) in [5.41, 5.74) is 0.943. The van der Waals surface area contributed by atoms with Crippen LogP contribution in [0.3, 0.4) is 0 Å². The van der Waals surface area contributed by atoms with Gasteiger partial charge in [0.2, 0.25) is 5.91 Å². The van der Waals surface area contributed by atoms with Crippen molar-refractivity contribution in [2.24, 2.45) is 0 Å². The summed E-state index contributed by atoms with van der Waals surface area (Å²) in [6.45, 7) is 4.44. The summed E-state index contributed by atoms with van der Waals surface area (Å²) in [6, 6.07) is 1.82. The number of pyridine rings is 1. The lowest BCUT2D eigenvalue weighted by atomic mass is 9.86. The SMILES string of the molecule is COc1ccnc(CN2CCN(C)[C@]3(CCC(=O)N(C)CC3)C2)c1OC. The number of ether oxygens (including phenoxy) is 2. The van der Waals surface area contributed by atoms with Gasteiger partial charge < -0.3 is 14.4 Å². The quantitative estimate of drug-likeness (QED) is 0.803. The standard InChI is InChI=1S/C19H30N4O3/c1-21-10-8-19(7-5-17(21)24)14-23(12-11-22(19)2)13-15-18(26-4)16(25-3)6-9-20-15/h6,9H,5,7-8,10-14H2,1-4H3/t19-/m0/s1. The smallest absolute Gasteiger partial charge is 0.222 e. The van der Waals surface area contributed by atoms with Gasteiger partial charge in [0.15, 0.2) is 11.5 Å². The highest BCUT2D eigenvalue weighted by atomic mass is 16.5. The first kappa shape index (κ1) is 18.9. The second-order valence-electron chi connectivity index (χ2n) is 7.42. The van der Waals surface area contributed by atoms with Crippen molar-refractivity contribution in [3.8, 4) is 11.5 Å². The van der Waals surface area contributed by atoms with Gasteiger partial charge in [-0.05, 0) is 19.9 Å². The van der Waals surface area contributed by atoms with Gasteiger partial charge >= 0.3 is 0 Å². The van der Waals surface area contributed by atoms with Crippen LogP contribution in [-0.2, 0) is 11.3 Å². The second-order valence-corrected chi connectivity index (χ2v) is 7.42. The first-order valence-electron chi connectivity index (χ1n) is 9.22. The zero-order valence-corrected chi connectivity index (χ0v) is 16.3. The molecule has 7 nitrogen and oxygen atoms in total. The van der Waals surface area contributed by atoms with Crippen LogP contribution in [-0.4, -0.2) is 85.6 Å². The van der Waals surface area contributed by atoms with Gasteiger partial charge in [0.25, 0.3) is 0 Å². The normalized spacial score (nSPS) is 25.4. The van der Waals surface area contributed by atoms with Gasteiger partial charge in [0.05, 0.1) is 14.2 Å². The maximum absolute atomic E-state index is 12.1. The first-order chi connectivity index (χ1) is 12.5. The van der Waals surface area contributed by atoms with E-state index in [4.69, 9.17) is 9.47 Å². The van der Waals surface area contributed by atoms with Crippen molar-refractivity contribution in [2.75, 3.05) is 54.5 Å². The highest BCUT2D eigenvalue weighted by Crippen LogP contribution is 2.34. The van der Waals surface area contributed by atoms with Crippen LogP contribution in [0.25, 0.3) is 0 Å². The van der Waals surface area contributed by atoms with Gasteiger partial charge in [-0.3, -0.25) is 19.6 Å². The van der Waals surface area contributed by atoms with E-state index in [0.717, 1.165) is 51.3 Å². The molecule has 144 valence electrons. The van der Waals surface area contributed by atoms with Crippen LogP contribution >= 0.6 is 0 Å². The Morgan fingerprint density at radius 1 is 1.15 bits per heavy atom. The second kappa shape index (κ2) is 7.80. The van der Waals surface area contributed by atoms with Crippen molar-refractivity contribution >= 4 is 5.91 Å². The number of hydrogen-bond donors (Lipinski definition) is 0. The molecule has 1 spiro atoms. The molecule has 0 bridgehead atoms. The Kier molecular flexibility index (Phi) is 5.67.